The molecule has 3 nitrogen and oxygen atoms in total. The van der Waals surface area contributed by atoms with Gasteiger partial charge in [-0.25, -0.2) is 9.97 Å². The minimum atomic E-state index is 0.316. The second-order valence-corrected chi connectivity index (χ2v) is 5.44. The van der Waals surface area contributed by atoms with Gasteiger partial charge >= 0.3 is 0 Å². The van der Waals surface area contributed by atoms with Gasteiger partial charge in [-0.05, 0) is 34.0 Å². The Morgan fingerprint density at radius 2 is 2.00 bits per heavy atom. The molecule has 0 aromatic carbocycles. The normalized spacial score (nSPS) is 10.9. The monoisotopic (exact) mass is 325 g/mol. The summed E-state index contributed by atoms with van der Waals surface area (Å²) in [5.74, 6) is 1.39. The number of aromatic nitrogens is 3. The van der Waals surface area contributed by atoms with Crippen molar-refractivity contribution in [3.8, 4) is 11.5 Å². The van der Waals surface area contributed by atoms with Crippen molar-refractivity contribution in [3.05, 3.63) is 40.3 Å². The van der Waals surface area contributed by atoms with Gasteiger partial charge in [-0.1, -0.05) is 13.8 Å². The molecule has 2 aromatic heterocycles. The third-order valence-corrected chi connectivity index (χ3v) is 3.30. The zero-order valence-corrected chi connectivity index (χ0v) is 12.5. The molecule has 0 unspecified atom stereocenters. The lowest BCUT2D eigenvalue weighted by molar-refractivity contribution is 0.800. The molecule has 2 aromatic rings. The van der Waals surface area contributed by atoms with Gasteiger partial charge in [0.2, 0.25) is 0 Å². The van der Waals surface area contributed by atoms with Crippen molar-refractivity contribution in [1.82, 2.24) is 15.0 Å². The molecule has 5 heteroatoms. The van der Waals surface area contributed by atoms with Crippen LogP contribution in [-0.2, 0) is 5.88 Å². The standard InChI is InChI=1S/C13H13BrClN3/c1-8(2)12-9(5-15)6-17-13(18-12)11-4-3-10(14)7-16-11/h3-4,6-8H,5H2,1-2H3. The maximum Gasteiger partial charge on any atom is 0.178 e. The lowest BCUT2D eigenvalue weighted by Crippen LogP contribution is -2.03. The zero-order chi connectivity index (χ0) is 13.1. The lowest BCUT2D eigenvalue weighted by atomic mass is 10.1. The van der Waals surface area contributed by atoms with Crippen LogP contribution in [-0.4, -0.2) is 15.0 Å². The first-order valence-corrected chi connectivity index (χ1v) is 6.98. The molecule has 0 saturated carbocycles. The number of hydrogen-bond donors (Lipinski definition) is 0. The highest BCUT2D eigenvalue weighted by atomic mass is 79.9. The molecule has 2 heterocycles. The Labute approximate surface area is 120 Å². The van der Waals surface area contributed by atoms with Crippen LogP contribution in [0.3, 0.4) is 0 Å². The maximum absolute atomic E-state index is 5.89. The molecule has 0 radical (unpaired) electrons. The summed E-state index contributed by atoms with van der Waals surface area (Å²) >= 11 is 9.25. The lowest BCUT2D eigenvalue weighted by Gasteiger charge is -2.10. The third-order valence-electron chi connectivity index (χ3n) is 2.55. The average Bonchev–Trinajstić information content (AvgIpc) is 2.39. The van der Waals surface area contributed by atoms with E-state index in [-0.39, 0.29) is 0 Å². The smallest absolute Gasteiger partial charge is 0.178 e. The van der Waals surface area contributed by atoms with Gasteiger partial charge < -0.3 is 0 Å². The van der Waals surface area contributed by atoms with Crippen LogP contribution < -0.4 is 0 Å². The predicted molar refractivity (Wildman–Crippen MR) is 76.6 cm³/mol. The Morgan fingerprint density at radius 3 is 2.56 bits per heavy atom. The Bertz CT molecular complexity index is 540. The summed E-state index contributed by atoms with van der Waals surface area (Å²) in [7, 11) is 0. The van der Waals surface area contributed by atoms with Crippen LogP contribution >= 0.6 is 27.5 Å². The Hall–Kier alpha value is -1.00. The van der Waals surface area contributed by atoms with E-state index in [1.807, 2.05) is 12.1 Å². The fourth-order valence-corrected chi connectivity index (χ4v) is 2.09. The van der Waals surface area contributed by atoms with Crippen LogP contribution in [0.2, 0.25) is 0 Å². The van der Waals surface area contributed by atoms with Gasteiger partial charge in [0.15, 0.2) is 5.82 Å². The van der Waals surface area contributed by atoms with Gasteiger partial charge in [-0.3, -0.25) is 4.98 Å². The van der Waals surface area contributed by atoms with Crippen molar-refractivity contribution in [2.45, 2.75) is 25.6 Å². The summed E-state index contributed by atoms with van der Waals surface area (Å²) in [5, 5.41) is 0. The van der Waals surface area contributed by atoms with Gasteiger partial charge in [-0.15, -0.1) is 11.6 Å². The second kappa shape index (κ2) is 5.76. The first-order chi connectivity index (χ1) is 8.61. The van der Waals surface area contributed by atoms with Crippen molar-refractivity contribution < 1.29 is 0 Å². The van der Waals surface area contributed by atoms with Crippen molar-refractivity contribution >= 4 is 27.5 Å². The fourth-order valence-electron chi connectivity index (χ4n) is 1.65. The highest BCUT2D eigenvalue weighted by molar-refractivity contribution is 9.10. The number of pyridine rings is 1. The Morgan fingerprint density at radius 1 is 1.22 bits per heavy atom. The maximum atomic E-state index is 5.89. The number of halogens is 2. The van der Waals surface area contributed by atoms with Crippen LogP contribution in [0.15, 0.2) is 29.0 Å². The molecule has 0 atom stereocenters. The molecular formula is C13H13BrClN3. The van der Waals surface area contributed by atoms with E-state index in [9.17, 15) is 0 Å². The molecule has 18 heavy (non-hydrogen) atoms. The summed E-state index contributed by atoms with van der Waals surface area (Å²) in [6.07, 6.45) is 3.53. The molecule has 0 fully saturated rings. The van der Waals surface area contributed by atoms with Gasteiger partial charge in [0.1, 0.15) is 5.69 Å². The van der Waals surface area contributed by atoms with E-state index in [1.54, 1.807) is 12.4 Å². The number of alkyl halides is 1. The van der Waals surface area contributed by atoms with Gasteiger partial charge in [-0.2, -0.15) is 0 Å². The van der Waals surface area contributed by atoms with Gasteiger partial charge in [0, 0.05) is 22.4 Å². The zero-order valence-electron chi connectivity index (χ0n) is 10.2. The minimum Gasteiger partial charge on any atom is -0.252 e. The predicted octanol–water partition coefficient (Wildman–Crippen LogP) is 4.16. The molecule has 0 saturated heterocycles. The summed E-state index contributed by atoms with van der Waals surface area (Å²) in [5.41, 5.74) is 2.73. The highest BCUT2D eigenvalue weighted by Gasteiger charge is 2.11. The van der Waals surface area contributed by atoms with Crippen molar-refractivity contribution in [1.29, 1.82) is 0 Å². The molecule has 0 aliphatic carbocycles. The number of hydrogen-bond acceptors (Lipinski definition) is 3. The quantitative estimate of drug-likeness (QED) is 0.795. The number of rotatable bonds is 3. The molecule has 0 amide bonds. The van der Waals surface area contributed by atoms with E-state index in [0.29, 0.717) is 17.6 Å². The summed E-state index contributed by atoms with van der Waals surface area (Å²) in [4.78, 5) is 13.2. The Balaban J connectivity index is 2.46. The number of nitrogens with zero attached hydrogens (tertiary/aromatic N) is 3. The van der Waals surface area contributed by atoms with E-state index in [0.717, 1.165) is 21.4 Å². The molecular weight excluding hydrogens is 314 g/mol. The average molecular weight is 327 g/mol. The summed E-state index contributed by atoms with van der Waals surface area (Å²) in [6.45, 7) is 4.19. The highest BCUT2D eigenvalue weighted by Crippen LogP contribution is 2.22. The van der Waals surface area contributed by atoms with E-state index < -0.39 is 0 Å². The minimum absolute atomic E-state index is 0.316. The summed E-state index contributed by atoms with van der Waals surface area (Å²) in [6, 6.07) is 3.82. The first-order valence-electron chi connectivity index (χ1n) is 5.65. The Kier molecular flexibility index (Phi) is 4.30. The van der Waals surface area contributed by atoms with Crippen molar-refractivity contribution in [3.63, 3.8) is 0 Å². The molecule has 2 rings (SSSR count). The molecule has 0 bridgehead atoms. The second-order valence-electron chi connectivity index (χ2n) is 4.25. The molecule has 0 aliphatic rings. The van der Waals surface area contributed by atoms with E-state index in [1.165, 1.54) is 0 Å². The van der Waals surface area contributed by atoms with E-state index in [4.69, 9.17) is 11.6 Å². The molecule has 0 aliphatic heterocycles. The van der Waals surface area contributed by atoms with E-state index in [2.05, 4.69) is 44.7 Å². The molecule has 94 valence electrons. The van der Waals surface area contributed by atoms with Crippen LogP contribution in [0.5, 0.6) is 0 Å². The van der Waals surface area contributed by atoms with Crippen LogP contribution in [0.4, 0.5) is 0 Å². The van der Waals surface area contributed by atoms with Crippen LogP contribution in [0.25, 0.3) is 11.5 Å². The van der Waals surface area contributed by atoms with Crippen LogP contribution in [0.1, 0.15) is 31.0 Å². The molecule has 0 spiro atoms. The van der Waals surface area contributed by atoms with Gasteiger partial charge in [0.25, 0.3) is 0 Å². The third kappa shape index (κ3) is 2.87. The van der Waals surface area contributed by atoms with Crippen molar-refractivity contribution in [2.24, 2.45) is 0 Å². The van der Waals surface area contributed by atoms with Crippen LogP contribution in [0, 0.1) is 0 Å². The topological polar surface area (TPSA) is 38.7 Å². The first kappa shape index (κ1) is 13.4. The molecule has 0 N–H and O–H groups in total. The fraction of sp³-hybridized carbons (Fsp3) is 0.308. The van der Waals surface area contributed by atoms with Gasteiger partial charge in [0.05, 0.1) is 11.6 Å². The largest absolute Gasteiger partial charge is 0.252 e. The summed E-state index contributed by atoms with van der Waals surface area (Å²) < 4.78 is 0.938. The van der Waals surface area contributed by atoms with E-state index >= 15 is 0 Å². The SMILES string of the molecule is CC(C)c1nc(-c2ccc(Br)cn2)ncc1CCl. The van der Waals surface area contributed by atoms with Crippen molar-refractivity contribution in [2.75, 3.05) is 0 Å².